The molecule has 1 N–H and O–H groups in total. The topological polar surface area (TPSA) is 86.4 Å². The van der Waals surface area contributed by atoms with Crippen LogP contribution in [0.4, 0.5) is 5.69 Å². The fourth-order valence-corrected chi connectivity index (χ4v) is 3.32. The van der Waals surface area contributed by atoms with Crippen LogP contribution in [0.2, 0.25) is 0 Å². The third kappa shape index (κ3) is 2.12. The molecule has 0 unspecified atom stereocenters. The van der Waals surface area contributed by atoms with Crippen molar-refractivity contribution in [3.8, 4) is 11.5 Å². The number of phenolic OH excluding ortho intramolecular Hbond substituents is 1. The van der Waals surface area contributed by atoms with Gasteiger partial charge in [0.2, 0.25) is 0 Å². The molecule has 0 aliphatic rings. The lowest BCUT2D eigenvalue weighted by atomic mass is 9.97. The van der Waals surface area contributed by atoms with Crippen LogP contribution in [0.15, 0.2) is 36.4 Å². The molecule has 0 amide bonds. The van der Waals surface area contributed by atoms with E-state index in [1.165, 1.54) is 12.1 Å². The van der Waals surface area contributed by atoms with Gasteiger partial charge >= 0.3 is 0 Å². The summed E-state index contributed by atoms with van der Waals surface area (Å²) in [7, 11) is 0. The van der Waals surface area contributed by atoms with Crippen molar-refractivity contribution in [3.05, 3.63) is 52.1 Å². The summed E-state index contributed by atoms with van der Waals surface area (Å²) >= 11 is 6.47. The summed E-state index contributed by atoms with van der Waals surface area (Å²) in [5.41, 5.74) is 0.0547. The average molecular weight is 426 g/mol. The third-order valence-electron chi connectivity index (χ3n) is 3.54. The van der Waals surface area contributed by atoms with E-state index >= 15 is 0 Å². The van der Waals surface area contributed by atoms with E-state index in [1.807, 2.05) is 0 Å². The van der Waals surface area contributed by atoms with E-state index in [2.05, 4.69) is 31.9 Å². The van der Waals surface area contributed by atoms with E-state index in [0.717, 1.165) is 0 Å². The molecule has 0 aromatic heterocycles. The summed E-state index contributed by atoms with van der Waals surface area (Å²) in [6.45, 7) is 0. The number of nitro benzene ring substituents is 1. The van der Waals surface area contributed by atoms with Gasteiger partial charge in [0, 0.05) is 5.39 Å². The minimum atomic E-state index is -0.582. The van der Waals surface area contributed by atoms with Crippen LogP contribution in [0.25, 0.3) is 21.5 Å². The lowest BCUT2D eigenvalue weighted by Gasteiger charge is -2.18. The lowest BCUT2D eigenvalue weighted by Crippen LogP contribution is -2.00. The van der Waals surface area contributed by atoms with Crippen molar-refractivity contribution >= 4 is 59.1 Å². The van der Waals surface area contributed by atoms with Crippen molar-refractivity contribution in [2.45, 2.75) is 3.74 Å². The summed E-state index contributed by atoms with van der Waals surface area (Å²) < 4.78 is -0.467. The molecule has 0 aliphatic heterocycles. The second-order valence-electron chi connectivity index (χ2n) is 4.71. The Labute approximate surface area is 141 Å². The standard InChI is InChI=1S/C15H9Br2NO4/c16-15(17)10-6-5-9-11(12(10)18(21)22)14(20)8-4-2-1-3-7(8)13(9)19/h1-6,15,19-20H/p-1. The van der Waals surface area contributed by atoms with Gasteiger partial charge in [0.25, 0.3) is 5.69 Å². The number of alkyl halides is 2. The van der Waals surface area contributed by atoms with Gasteiger partial charge in [0.15, 0.2) is 0 Å². The molecule has 0 spiro atoms. The molecule has 0 heterocycles. The fourth-order valence-electron chi connectivity index (χ4n) is 2.58. The number of phenols is 1. The number of benzene rings is 3. The maximum Gasteiger partial charge on any atom is 0.286 e. The molecule has 0 radical (unpaired) electrons. The van der Waals surface area contributed by atoms with Crippen LogP contribution in [0.3, 0.4) is 0 Å². The van der Waals surface area contributed by atoms with Gasteiger partial charge in [-0.1, -0.05) is 67.9 Å². The van der Waals surface area contributed by atoms with Gasteiger partial charge in [0.05, 0.1) is 10.5 Å². The van der Waals surface area contributed by atoms with Gasteiger partial charge in [-0.25, -0.2) is 0 Å². The summed E-state index contributed by atoms with van der Waals surface area (Å²) in [6, 6.07) is 9.52. The Morgan fingerprint density at radius 3 is 2.27 bits per heavy atom. The number of hydrogen-bond acceptors (Lipinski definition) is 4. The first-order valence-corrected chi connectivity index (χ1v) is 8.06. The molecule has 3 aromatic rings. The lowest BCUT2D eigenvalue weighted by molar-refractivity contribution is -0.383. The van der Waals surface area contributed by atoms with Gasteiger partial charge in [0.1, 0.15) is 14.9 Å². The number of nitro groups is 1. The maximum atomic E-state index is 12.5. The van der Waals surface area contributed by atoms with Crippen molar-refractivity contribution in [1.29, 1.82) is 0 Å². The van der Waals surface area contributed by atoms with Crippen molar-refractivity contribution in [2.24, 2.45) is 0 Å². The van der Waals surface area contributed by atoms with Crippen LogP contribution < -0.4 is 5.11 Å². The Morgan fingerprint density at radius 2 is 1.68 bits per heavy atom. The first-order chi connectivity index (χ1) is 10.4. The van der Waals surface area contributed by atoms with E-state index < -0.39 is 8.66 Å². The van der Waals surface area contributed by atoms with Crippen LogP contribution in [-0.4, -0.2) is 10.0 Å². The Bertz CT molecular complexity index is 924. The second-order valence-corrected chi connectivity index (χ2v) is 7.77. The van der Waals surface area contributed by atoms with Crippen molar-refractivity contribution < 1.29 is 15.1 Å². The average Bonchev–Trinajstić information content (AvgIpc) is 2.51. The zero-order valence-electron chi connectivity index (χ0n) is 10.9. The van der Waals surface area contributed by atoms with Crippen LogP contribution in [0, 0.1) is 10.1 Å². The van der Waals surface area contributed by atoms with E-state index in [-0.39, 0.29) is 28.0 Å². The van der Waals surface area contributed by atoms with Gasteiger partial charge in [-0.15, -0.1) is 0 Å². The molecule has 0 aliphatic carbocycles. The quantitative estimate of drug-likeness (QED) is 0.284. The fraction of sp³-hybridized carbons (Fsp3) is 0.0667. The Kier molecular flexibility index (Phi) is 3.70. The number of halogens is 2. The molecule has 0 atom stereocenters. The Hall–Kier alpha value is -1.86. The molecule has 0 saturated carbocycles. The molecule has 3 rings (SSSR count). The monoisotopic (exact) mass is 424 g/mol. The Balaban J connectivity index is 2.62. The highest BCUT2D eigenvalue weighted by Crippen LogP contribution is 2.48. The van der Waals surface area contributed by atoms with Gasteiger partial charge in [-0.2, -0.15) is 0 Å². The van der Waals surface area contributed by atoms with Gasteiger partial charge in [-0.05, 0) is 16.8 Å². The predicted octanol–water partition coefficient (Wildman–Crippen LogP) is 4.47. The maximum absolute atomic E-state index is 12.5. The Morgan fingerprint density at radius 1 is 1.05 bits per heavy atom. The van der Waals surface area contributed by atoms with Crippen LogP contribution >= 0.6 is 31.9 Å². The molecule has 0 bridgehead atoms. The predicted molar refractivity (Wildman–Crippen MR) is 89.8 cm³/mol. The molecule has 0 fully saturated rings. The van der Waals surface area contributed by atoms with E-state index in [9.17, 15) is 20.3 Å². The molecular weight excluding hydrogens is 418 g/mol. The van der Waals surface area contributed by atoms with E-state index in [0.29, 0.717) is 16.3 Å². The van der Waals surface area contributed by atoms with Crippen molar-refractivity contribution in [1.82, 2.24) is 0 Å². The molecule has 5 nitrogen and oxygen atoms in total. The van der Waals surface area contributed by atoms with Crippen LogP contribution in [0.1, 0.15) is 9.30 Å². The van der Waals surface area contributed by atoms with Crippen molar-refractivity contribution in [2.75, 3.05) is 0 Å². The summed E-state index contributed by atoms with van der Waals surface area (Å²) in [5, 5.41) is 35.3. The van der Waals surface area contributed by atoms with Gasteiger partial charge < -0.3 is 10.2 Å². The number of hydrogen-bond donors (Lipinski definition) is 1. The SMILES string of the molecule is O=[N+]([O-])c1c(C(Br)Br)ccc2c([O-])c3ccccc3c(O)c12. The molecular formula is C15H8Br2NO4-. The number of nitrogens with zero attached hydrogens (tertiary/aromatic N) is 1. The highest BCUT2D eigenvalue weighted by atomic mass is 79.9. The third-order valence-corrected chi connectivity index (χ3v) is 4.52. The normalized spacial score (nSPS) is 11.4. The summed E-state index contributed by atoms with van der Waals surface area (Å²) in [4.78, 5) is 10.9. The van der Waals surface area contributed by atoms with Crippen molar-refractivity contribution in [3.63, 3.8) is 0 Å². The van der Waals surface area contributed by atoms with E-state index in [4.69, 9.17) is 0 Å². The second kappa shape index (κ2) is 5.40. The largest absolute Gasteiger partial charge is 0.872 e. The van der Waals surface area contributed by atoms with Crippen LogP contribution in [-0.2, 0) is 0 Å². The smallest absolute Gasteiger partial charge is 0.286 e. The first kappa shape index (κ1) is 15.1. The minimum absolute atomic E-state index is 0.0323. The zero-order chi connectivity index (χ0) is 16.0. The first-order valence-electron chi connectivity index (χ1n) is 6.23. The number of rotatable bonds is 2. The number of fused-ring (bicyclic) bond motifs is 2. The van der Waals surface area contributed by atoms with Gasteiger partial charge in [-0.3, -0.25) is 10.1 Å². The molecule has 3 aromatic carbocycles. The minimum Gasteiger partial charge on any atom is -0.872 e. The van der Waals surface area contributed by atoms with Crippen LogP contribution in [0.5, 0.6) is 11.5 Å². The summed E-state index contributed by atoms with van der Waals surface area (Å²) in [6.07, 6.45) is 0. The molecule has 0 saturated heterocycles. The summed E-state index contributed by atoms with van der Waals surface area (Å²) in [5.74, 6) is -0.585. The molecule has 112 valence electrons. The highest BCUT2D eigenvalue weighted by Gasteiger charge is 2.25. The molecule has 22 heavy (non-hydrogen) atoms. The number of aromatic hydroxyl groups is 1. The molecule has 7 heteroatoms. The van der Waals surface area contributed by atoms with E-state index in [1.54, 1.807) is 24.3 Å². The highest BCUT2D eigenvalue weighted by molar-refractivity contribution is 9.24. The zero-order valence-corrected chi connectivity index (χ0v) is 14.1.